The van der Waals surface area contributed by atoms with E-state index in [1.165, 1.54) is 196 Å². The zero-order chi connectivity index (χ0) is 91.8. The van der Waals surface area contributed by atoms with E-state index in [2.05, 4.69) is 388 Å². The fourth-order valence-electron chi connectivity index (χ4n) is 21.7. The summed E-state index contributed by atoms with van der Waals surface area (Å²) in [5, 5.41) is 85.6. The summed E-state index contributed by atoms with van der Waals surface area (Å²) in [7, 11) is 0. The molecule has 6 nitrogen and oxygen atoms in total. The second-order valence-electron chi connectivity index (χ2n) is 34.8. The molecule has 0 fully saturated rings. The molecule has 642 valence electrons. The lowest BCUT2D eigenvalue weighted by Gasteiger charge is -2.17. The standard InChI is InChI=1S/2C42H21BrN2.C42H22N2.2CH4.Br2/c43-41-17-16-31-37-20-38-34(27-14-10-25(23-45)11-15-27)19-35-29-5-2-1-4-28(29)33(26-12-8-24(22-44)9-13-26)18-39(35)40(38)21-36(37)30-6-3-7-32(41)42(30)31;43-41-17-16-31-37-21-40-38(20-36(37)30-6-3-7-32(41)42(30)31)34(27-14-10-25(23-45)11-15-27)19-35-29-5-2-1-4-28(29)33(18-39(35)40)26-12-8-24(22-44)9-13-26;43-23-25-11-15-27(16-12-25)34-19-40-36(31-8-2-1-7-30(31)34)20-35(28-17-13-26(24-44)14-18-28)39-21-37-32-9-3-5-29-6-4-10-33(42(29)32)38(37)22-41(39)40;;;1-2/h2*1-21H;1-22H;2*1H4;. The van der Waals surface area contributed by atoms with Crippen LogP contribution in [-0.2, 0) is 0 Å². The van der Waals surface area contributed by atoms with Gasteiger partial charge in [0.1, 0.15) is 0 Å². The molecule has 0 aromatic heterocycles. The predicted molar refractivity (Wildman–Crippen MR) is 590 cm³/mol. The fourth-order valence-corrected chi connectivity index (χ4v) is 22.6. The summed E-state index contributed by atoms with van der Waals surface area (Å²) >= 11 is 13.1. The van der Waals surface area contributed by atoms with Crippen LogP contribution in [0.15, 0.2) is 397 Å². The normalized spacial score (nSPS) is 11.3. The third kappa shape index (κ3) is 13.9. The third-order valence-electron chi connectivity index (χ3n) is 27.9. The van der Waals surface area contributed by atoms with E-state index in [0.29, 0.717) is 33.4 Å². The molecule has 3 aliphatic rings. The Morgan fingerprint density at radius 1 is 0.145 bits per heavy atom. The summed E-state index contributed by atoms with van der Waals surface area (Å²) in [6.45, 7) is 0. The molecule has 0 spiro atoms. The Morgan fingerprint density at radius 3 is 0.572 bits per heavy atom. The van der Waals surface area contributed by atoms with E-state index in [1.54, 1.807) is 0 Å². The first-order chi connectivity index (χ1) is 67.0. The Bertz CT molecular complexity index is 9360. The predicted octanol–water partition coefficient (Wildman–Crippen LogP) is 37.6. The third-order valence-corrected chi connectivity index (χ3v) is 29.3. The minimum absolute atomic E-state index is 0. The maximum Gasteiger partial charge on any atom is 0.0991 e. The number of hydrogen-bond acceptors (Lipinski definition) is 6. The average molecular weight is 2010 g/mol. The van der Waals surface area contributed by atoms with Crippen molar-refractivity contribution in [2.24, 2.45) is 0 Å². The topological polar surface area (TPSA) is 143 Å². The average Bonchev–Trinajstić information content (AvgIpc) is 1.45. The molecule has 0 amide bonds. The maximum atomic E-state index is 9.49. The number of nitrogens with zero attached hydrogens (tertiary/aromatic N) is 6. The van der Waals surface area contributed by atoms with E-state index in [1.807, 2.05) is 97.1 Å². The van der Waals surface area contributed by atoms with Gasteiger partial charge in [-0.1, -0.05) is 277 Å². The van der Waals surface area contributed by atoms with Gasteiger partial charge >= 0.3 is 0 Å². The Labute approximate surface area is 829 Å². The molecule has 0 radical (unpaired) electrons. The molecule has 10 heteroatoms. The van der Waals surface area contributed by atoms with Gasteiger partial charge in [0, 0.05) is 37.2 Å². The van der Waals surface area contributed by atoms with Crippen molar-refractivity contribution < 1.29 is 0 Å². The number of rotatable bonds is 6. The van der Waals surface area contributed by atoms with Gasteiger partial charge in [-0.3, -0.25) is 0 Å². The highest BCUT2D eigenvalue weighted by Gasteiger charge is 2.30. The van der Waals surface area contributed by atoms with Gasteiger partial charge in [-0.05, 0) is 421 Å². The van der Waals surface area contributed by atoms with Crippen molar-refractivity contribution in [3.05, 3.63) is 431 Å². The monoisotopic (exact) mass is 2010 g/mol. The van der Waals surface area contributed by atoms with Gasteiger partial charge in [-0.25, -0.2) is 0 Å². The fraction of sp³-hybridized carbons (Fsp3) is 0.0156. The highest BCUT2D eigenvalue weighted by atomic mass is 80.9. The van der Waals surface area contributed by atoms with Crippen molar-refractivity contribution >= 4 is 189 Å². The summed E-state index contributed by atoms with van der Waals surface area (Å²) in [4.78, 5) is 0. The maximum absolute atomic E-state index is 9.49. The van der Waals surface area contributed by atoms with Crippen LogP contribution in [0.2, 0.25) is 0 Å². The van der Waals surface area contributed by atoms with Gasteiger partial charge in [0.15, 0.2) is 0 Å². The van der Waals surface area contributed by atoms with E-state index >= 15 is 0 Å². The highest BCUT2D eigenvalue weighted by molar-refractivity contribution is 9.93. The van der Waals surface area contributed by atoms with Crippen molar-refractivity contribution in [1.82, 2.24) is 0 Å². The van der Waals surface area contributed by atoms with Gasteiger partial charge in [0.2, 0.25) is 0 Å². The highest BCUT2D eigenvalue weighted by Crippen LogP contribution is 2.57. The van der Waals surface area contributed by atoms with Crippen LogP contribution in [0.5, 0.6) is 0 Å². The number of halogens is 4. The quantitative estimate of drug-likeness (QED) is 0.152. The zero-order valence-corrected chi connectivity index (χ0v) is 78.5. The van der Waals surface area contributed by atoms with Gasteiger partial charge in [0.05, 0.1) is 69.8 Å². The van der Waals surface area contributed by atoms with E-state index in [9.17, 15) is 31.6 Å². The molecule has 24 aromatic carbocycles. The van der Waals surface area contributed by atoms with Gasteiger partial charge in [-0.15, -0.1) is 0 Å². The number of nitriles is 6. The van der Waals surface area contributed by atoms with E-state index in [0.717, 1.165) is 75.7 Å². The first-order valence-electron chi connectivity index (χ1n) is 44.5. The molecule has 27 rings (SSSR count). The molecule has 0 heterocycles. The SMILES string of the molecule is BrBr.C.C.N#Cc1ccc(-c2cc3c4cc5c(cc4c(-c4ccc(C#N)cc4)cc3c3ccccc23)-c2ccc(Br)c3cccc-5c23)cc1.N#Cc1ccc(-c2cc3c4cc5c(cc4c(-c4ccc(C#N)cc4)cc3c3ccccc23)-c2cccc3c(Br)ccc-5c23)cc1.N#Cc1ccc(-c2cc3c4cc5c(cc4c(-c4ccc(C#N)cc4)cc3c3ccccc23)-c2cccc3cccc-5c23)cc1. The van der Waals surface area contributed by atoms with Crippen LogP contribution in [0.25, 0.3) is 263 Å². The minimum atomic E-state index is 0. The molecular formula is C128H72Br4N6. The van der Waals surface area contributed by atoms with Crippen LogP contribution in [0.3, 0.4) is 0 Å². The zero-order valence-electron chi connectivity index (χ0n) is 72.1. The Hall–Kier alpha value is -16.7. The molecule has 0 N–H and O–H groups in total. The summed E-state index contributed by atoms with van der Waals surface area (Å²) in [6, 6.07) is 150. The van der Waals surface area contributed by atoms with E-state index in [-0.39, 0.29) is 14.9 Å². The first kappa shape index (κ1) is 86.7. The van der Waals surface area contributed by atoms with Crippen LogP contribution in [-0.4, -0.2) is 0 Å². The molecule has 138 heavy (non-hydrogen) atoms. The number of fused-ring (bicyclic) bond motifs is 24. The molecule has 0 aliphatic heterocycles. The van der Waals surface area contributed by atoms with Crippen LogP contribution < -0.4 is 0 Å². The summed E-state index contributed by atoms with van der Waals surface area (Å²) in [5.41, 5.74) is 32.3. The van der Waals surface area contributed by atoms with Gasteiger partial charge in [0.25, 0.3) is 0 Å². The van der Waals surface area contributed by atoms with Crippen LogP contribution in [0.4, 0.5) is 0 Å². The molecule has 0 bridgehead atoms. The number of hydrogen-bond donors (Lipinski definition) is 0. The Balaban J connectivity index is 0.000000118. The van der Waals surface area contributed by atoms with Crippen molar-refractivity contribution in [2.45, 2.75) is 14.9 Å². The van der Waals surface area contributed by atoms with Crippen molar-refractivity contribution in [1.29, 1.82) is 31.6 Å². The van der Waals surface area contributed by atoms with Gasteiger partial charge < -0.3 is 0 Å². The Kier molecular flexibility index (Phi) is 21.9. The number of benzene rings is 24. The molecule has 0 atom stereocenters. The second kappa shape index (κ2) is 34.9. The van der Waals surface area contributed by atoms with Crippen molar-refractivity contribution in [3.8, 4) is 170 Å². The lowest BCUT2D eigenvalue weighted by molar-refractivity contribution is 1.48. The summed E-state index contributed by atoms with van der Waals surface area (Å²) in [6.07, 6.45) is 0. The summed E-state index contributed by atoms with van der Waals surface area (Å²) < 4.78 is 2.20. The molecule has 0 saturated heterocycles. The lowest BCUT2D eigenvalue weighted by atomic mass is 9.86. The molecule has 3 aliphatic carbocycles. The van der Waals surface area contributed by atoms with E-state index < -0.39 is 0 Å². The smallest absolute Gasteiger partial charge is 0.0991 e. The van der Waals surface area contributed by atoms with Crippen molar-refractivity contribution in [3.63, 3.8) is 0 Å². The molecular weight excluding hydrogens is 1940 g/mol. The van der Waals surface area contributed by atoms with Crippen LogP contribution >= 0.6 is 60.1 Å². The molecule has 24 aromatic rings. The van der Waals surface area contributed by atoms with Crippen molar-refractivity contribution in [2.75, 3.05) is 0 Å². The minimum Gasteiger partial charge on any atom is -0.192 e. The first-order valence-corrected chi connectivity index (χ1v) is 49.8. The van der Waals surface area contributed by atoms with E-state index in [4.69, 9.17) is 0 Å². The molecule has 0 saturated carbocycles. The lowest BCUT2D eigenvalue weighted by Crippen LogP contribution is -1.91. The second-order valence-corrected chi connectivity index (χ2v) is 36.5. The summed E-state index contributed by atoms with van der Waals surface area (Å²) in [5.74, 6) is 0. The largest absolute Gasteiger partial charge is 0.192 e. The Morgan fingerprint density at radius 2 is 0.326 bits per heavy atom. The van der Waals surface area contributed by atoms with Gasteiger partial charge in [-0.2, -0.15) is 31.6 Å². The molecule has 0 unspecified atom stereocenters. The van der Waals surface area contributed by atoms with Crippen LogP contribution in [0, 0.1) is 68.0 Å². The van der Waals surface area contributed by atoms with Crippen LogP contribution in [0.1, 0.15) is 48.2 Å².